The van der Waals surface area contributed by atoms with Crippen LogP contribution in [-0.2, 0) is 4.79 Å². The number of rotatable bonds is 2. The summed E-state index contributed by atoms with van der Waals surface area (Å²) in [6, 6.07) is 0. The van der Waals surface area contributed by atoms with Crippen LogP contribution in [0, 0.1) is 0 Å². The van der Waals surface area contributed by atoms with Crippen LogP contribution in [-0.4, -0.2) is 23.2 Å². The smallest absolute Gasteiger partial charge is 0.272 e. The SMILES string of the molecule is CCC=C(C)C(=O)N(C)O. The van der Waals surface area contributed by atoms with Crippen molar-refractivity contribution in [3.8, 4) is 0 Å². The second-order valence-corrected chi connectivity index (χ2v) is 2.12. The Morgan fingerprint density at radius 2 is 2.20 bits per heavy atom. The van der Waals surface area contributed by atoms with Crippen LogP contribution in [0.5, 0.6) is 0 Å². The van der Waals surface area contributed by atoms with Crippen LogP contribution in [0.4, 0.5) is 0 Å². The molecule has 0 aromatic heterocycles. The highest BCUT2D eigenvalue weighted by molar-refractivity contribution is 5.91. The first-order chi connectivity index (χ1) is 4.59. The second kappa shape index (κ2) is 4.06. The number of carbonyl (C=O) groups is 1. The summed E-state index contributed by atoms with van der Waals surface area (Å²) in [7, 11) is 1.31. The molecule has 0 spiro atoms. The van der Waals surface area contributed by atoms with Gasteiger partial charge in [-0.1, -0.05) is 13.0 Å². The van der Waals surface area contributed by atoms with E-state index in [1.807, 2.05) is 6.92 Å². The van der Waals surface area contributed by atoms with Crippen LogP contribution in [0.3, 0.4) is 0 Å². The number of amides is 1. The van der Waals surface area contributed by atoms with E-state index in [1.54, 1.807) is 13.0 Å². The van der Waals surface area contributed by atoms with E-state index >= 15 is 0 Å². The minimum absolute atomic E-state index is 0.346. The molecule has 0 aliphatic rings. The fourth-order valence-corrected chi connectivity index (χ4v) is 0.649. The summed E-state index contributed by atoms with van der Waals surface area (Å²) < 4.78 is 0. The van der Waals surface area contributed by atoms with Crippen molar-refractivity contribution in [2.45, 2.75) is 20.3 Å². The molecule has 0 aromatic rings. The molecule has 0 saturated heterocycles. The number of hydrogen-bond acceptors (Lipinski definition) is 2. The van der Waals surface area contributed by atoms with E-state index in [-0.39, 0.29) is 5.91 Å². The fourth-order valence-electron chi connectivity index (χ4n) is 0.649. The van der Waals surface area contributed by atoms with E-state index in [1.165, 1.54) is 7.05 Å². The maximum Gasteiger partial charge on any atom is 0.272 e. The van der Waals surface area contributed by atoms with E-state index in [0.29, 0.717) is 10.6 Å². The molecule has 0 radical (unpaired) electrons. The first-order valence-corrected chi connectivity index (χ1v) is 3.23. The average molecular weight is 143 g/mol. The largest absolute Gasteiger partial charge is 0.286 e. The second-order valence-electron chi connectivity index (χ2n) is 2.12. The van der Waals surface area contributed by atoms with Gasteiger partial charge in [0.1, 0.15) is 0 Å². The molecule has 0 aliphatic heterocycles. The van der Waals surface area contributed by atoms with Gasteiger partial charge in [0.2, 0.25) is 0 Å². The maximum absolute atomic E-state index is 10.8. The van der Waals surface area contributed by atoms with Gasteiger partial charge >= 0.3 is 0 Å². The molecule has 0 atom stereocenters. The van der Waals surface area contributed by atoms with Gasteiger partial charge in [0.15, 0.2) is 0 Å². The zero-order valence-electron chi connectivity index (χ0n) is 6.59. The van der Waals surface area contributed by atoms with Gasteiger partial charge < -0.3 is 0 Å². The lowest BCUT2D eigenvalue weighted by Gasteiger charge is -2.07. The molecule has 0 heterocycles. The highest BCUT2D eigenvalue weighted by atomic mass is 16.5. The summed E-state index contributed by atoms with van der Waals surface area (Å²) >= 11 is 0. The molecule has 0 bridgehead atoms. The third kappa shape index (κ3) is 2.64. The van der Waals surface area contributed by atoms with Gasteiger partial charge in [-0.2, -0.15) is 0 Å². The van der Waals surface area contributed by atoms with Crippen LogP contribution < -0.4 is 0 Å². The van der Waals surface area contributed by atoms with Crippen molar-refractivity contribution in [1.82, 2.24) is 5.06 Å². The quantitative estimate of drug-likeness (QED) is 0.358. The monoisotopic (exact) mass is 143 g/mol. The van der Waals surface area contributed by atoms with Crippen molar-refractivity contribution in [3.05, 3.63) is 11.6 Å². The zero-order chi connectivity index (χ0) is 8.15. The van der Waals surface area contributed by atoms with Gasteiger partial charge in [0.05, 0.1) is 0 Å². The van der Waals surface area contributed by atoms with Crippen LogP contribution >= 0.6 is 0 Å². The Kier molecular flexibility index (Phi) is 3.72. The molecule has 1 amide bonds. The van der Waals surface area contributed by atoms with Crippen LogP contribution in [0.25, 0.3) is 0 Å². The number of carbonyl (C=O) groups excluding carboxylic acids is 1. The lowest BCUT2D eigenvalue weighted by molar-refractivity contribution is -0.154. The molecule has 0 aromatic carbocycles. The molecular weight excluding hydrogens is 130 g/mol. The normalized spacial score (nSPS) is 11.4. The Balaban J connectivity index is 4.08. The van der Waals surface area contributed by atoms with Crippen LogP contribution in [0.1, 0.15) is 20.3 Å². The van der Waals surface area contributed by atoms with E-state index in [9.17, 15) is 4.79 Å². The predicted molar refractivity (Wildman–Crippen MR) is 38.6 cm³/mol. The first kappa shape index (κ1) is 9.17. The maximum atomic E-state index is 10.8. The third-order valence-corrected chi connectivity index (χ3v) is 1.14. The molecule has 0 fully saturated rings. The molecule has 10 heavy (non-hydrogen) atoms. The molecule has 0 aliphatic carbocycles. The Bertz CT molecular complexity index is 150. The molecule has 58 valence electrons. The summed E-state index contributed by atoms with van der Waals surface area (Å²) in [5.41, 5.74) is 0.576. The molecule has 3 heteroatoms. The van der Waals surface area contributed by atoms with Crippen molar-refractivity contribution in [1.29, 1.82) is 0 Å². The minimum atomic E-state index is -0.346. The van der Waals surface area contributed by atoms with E-state index in [0.717, 1.165) is 6.42 Å². The van der Waals surface area contributed by atoms with Gasteiger partial charge in [-0.25, -0.2) is 5.06 Å². The Morgan fingerprint density at radius 3 is 2.50 bits per heavy atom. The molecule has 0 rings (SSSR count). The first-order valence-electron chi connectivity index (χ1n) is 3.23. The Hall–Kier alpha value is -0.830. The van der Waals surface area contributed by atoms with Crippen molar-refractivity contribution in [2.24, 2.45) is 0 Å². The van der Waals surface area contributed by atoms with E-state index < -0.39 is 0 Å². The number of hydroxylamine groups is 2. The van der Waals surface area contributed by atoms with Crippen molar-refractivity contribution >= 4 is 5.91 Å². The topological polar surface area (TPSA) is 40.5 Å². The lowest BCUT2D eigenvalue weighted by atomic mass is 10.2. The van der Waals surface area contributed by atoms with Crippen molar-refractivity contribution in [2.75, 3.05) is 7.05 Å². The average Bonchev–Trinajstić information content (AvgIpc) is 1.87. The summed E-state index contributed by atoms with van der Waals surface area (Å²) in [5.74, 6) is -0.346. The van der Waals surface area contributed by atoms with Gasteiger partial charge in [0, 0.05) is 12.6 Å². The van der Waals surface area contributed by atoms with Crippen molar-refractivity contribution in [3.63, 3.8) is 0 Å². The van der Waals surface area contributed by atoms with Gasteiger partial charge in [0.25, 0.3) is 5.91 Å². The number of allylic oxidation sites excluding steroid dienone is 1. The summed E-state index contributed by atoms with van der Waals surface area (Å²) in [6.45, 7) is 3.62. The Labute approximate surface area is 60.9 Å². The number of nitrogens with zero attached hydrogens (tertiary/aromatic N) is 1. The molecule has 3 nitrogen and oxygen atoms in total. The van der Waals surface area contributed by atoms with Crippen LogP contribution in [0.15, 0.2) is 11.6 Å². The lowest BCUT2D eigenvalue weighted by Crippen LogP contribution is -2.22. The Morgan fingerprint density at radius 1 is 1.70 bits per heavy atom. The predicted octanol–water partition coefficient (Wildman–Crippen LogP) is 1.19. The summed E-state index contributed by atoms with van der Waals surface area (Å²) in [6.07, 6.45) is 2.58. The third-order valence-electron chi connectivity index (χ3n) is 1.14. The highest BCUT2D eigenvalue weighted by Gasteiger charge is 2.05. The van der Waals surface area contributed by atoms with Crippen LogP contribution in [0.2, 0.25) is 0 Å². The summed E-state index contributed by atoms with van der Waals surface area (Å²) in [5, 5.41) is 9.25. The molecular formula is C7H13NO2. The molecule has 0 unspecified atom stereocenters. The number of likely N-dealkylation sites (N-methyl/N-ethyl adjacent to an activating group) is 1. The molecule has 0 saturated carbocycles. The fraction of sp³-hybridized carbons (Fsp3) is 0.571. The highest BCUT2D eigenvalue weighted by Crippen LogP contribution is 1.97. The van der Waals surface area contributed by atoms with Gasteiger partial charge in [-0.05, 0) is 13.3 Å². The van der Waals surface area contributed by atoms with E-state index in [4.69, 9.17) is 5.21 Å². The van der Waals surface area contributed by atoms with E-state index in [2.05, 4.69) is 0 Å². The zero-order valence-corrected chi connectivity index (χ0v) is 6.59. The molecule has 1 N–H and O–H groups in total. The van der Waals surface area contributed by atoms with Crippen molar-refractivity contribution < 1.29 is 10.0 Å². The van der Waals surface area contributed by atoms with Gasteiger partial charge in [-0.15, -0.1) is 0 Å². The van der Waals surface area contributed by atoms with Gasteiger partial charge in [-0.3, -0.25) is 10.0 Å². The minimum Gasteiger partial charge on any atom is -0.286 e. The number of hydrogen-bond donors (Lipinski definition) is 1. The standard InChI is InChI=1S/C7H13NO2/c1-4-5-6(2)7(9)8(3)10/h5,10H,4H2,1-3H3. The summed E-state index contributed by atoms with van der Waals surface area (Å²) in [4.78, 5) is 10.8.